The Labute approximate surface area is 111 Å². The number of fused-ring (bicyclic) bond motifs is 1. The van der Waals surface area contributed by atoms with E-state index in [2.05, 4.69) is 0 Å². The molecule has 0 bridgehead atoms. The zero-order valence-electron chi connectivity index (χ0n) is 11.0. The topological polar surface area (TPSA) is 66.8 Å². The van der Waals surface area contributed by atoms with Crippen molar-refractivity contribution in [3.8, 4) is 5.75 Å². The highest BCUT2D eigenvalue weighted by atomic mass is 16.5. The number of benzene rings is 1. The first kappa shape index (κ1) is 13.4. The first-order valence-electron chi connectivity index (χ1n) is 6.29. The molecule has 102 valence electrons. The monoisotopic (exact) mass is 263 g/mol. The molecule has 0 radical (unpaired) electrons. The van der Waals surface area contributed by atoms with Crippen LogP contribution in [0.1, 0.15) is 25.3 Å². The van der Waals surface area contributed by atoms with Crippen LogP contribution in [0, 0.1) is 6.92 Å². The number of carbonyl (C=O) groups is 2. The van der Waals surface area contributed by atoms with Gasteiger partial charge < -0.3 is 14.7 Å². The van der Waals surface area contributed by atoms with Crippen molar-refractivity contribution in [3.05, 3.63) is 23.8 Å². The number of amides is 1. The van der Waals surface area contributed by atoms with Crippen molar-refractivity contribution in [3.63, 3.8) is 0 Å². The third-order valence-corrected chi connectivity index (χ3v) is 3.10. The third kappa shape index (κ3) is 2.86. The molecule has 1 aromatic carbocycles. The number of rotatable bonds is 4. The number of hydrogen-bond donors (Lipinski definition) is 1. The Morgan fingerprint density at radius 3 is 2.89 bits per heavy atom. The molecule has 5 nitrogen and oxygen atoms in total. The Balaban J connectivity index is 2.21. The van der Waals surface area contributed by atoms with Crippen molar-refractivity contribution in [2.75, 3.05) is 11.4 Å². The van der Waals surface area contributed by atoms with Gasteiger partial charge in [-0.05, 0) is 38.0 Å². The molecule has 1 aromatic rings. The summed E-state index contributed by atoms with van der Waals surface area (Å²) >= 11 is 0. The lowest BCUT2D eigenvalue weighted by atomic mass is 10.1. The lowest BCUT2D eigenvalue weighted by molar-refractivity contribution is -0.137. The molecule has 1 amide bonds. The minimum Gasteiger partial charge on any atom is -0.481 e. The number of carboxylic acid groups (broad SMARTS) is 1. The van der Waals surface area contributed by atoms with E-state index in [1.54, 1.807) is 11.8 Å². The third-order valence-electron chi connectivity index (χ3n) is 3.10. The molecule has 1 heterocycles. The molecule has 5 heteroatoms. The molecule has 19 heavy (non-hydrogen) atoms. The van der Waals surface area contributed by atoms with Gasteiger partial charge in [-0.1, -0.05) is 6.07 Å². The quantitative estimate of drug-likeness (QED) is 0.902. The van der Waals surface area contributed by atoms with Gasteiger partial charge in [-0.2, -0.15) is 0 Å². The summed E-state index contributed by atoms with van der Waals surface area (Å²) in [4.78, 5) is 24.3. The summed E-state index contributed by atoms with van der Waals surface area (Å²) < 4.78 is 5.58. The standard InChI is InChI=1S/C14H17NO4/c1-9-5-6-11-12(8-9)19-10(2)14(18)15(11)7-3-4-13(16)17/h5-6,8,10H,3-4,7H2,1-2H3,(H,16,17). The fraction of sp³-hybridized carbons (Fsp3) is 0.429. The molecule has 0 aliphatic carbocycles. The lowest BCUT2D eigenvalue weighted by Gasteiger charge is -2.33. The van der Waals surface area contributed by atoms with Gasteiger partial charge in [0.25, 0.3) is 5.91 Å². The number of nitrogens with zero attached hydrogens (tertiary/aromatic N) is 1. The average Bonchev–Trinajstić information content (AvgIpc) is 2.33. The molecule has 2 rings (SSSR count). The van der Waals surface area contributed by atoms with Crippen LogP contribution in [0.5, 0.6) is 5.75 Å². The summed E-state index contributed by atoms with van der Waals surface area (Å²) in [6.45, 7) is 4.06. The molecule has 1 aliphatic rings. The van der Waals surface area contributed by atoms with Crippen LogP contribution in [0.4, 0.5) is 5.69 Å². The lowest BCUT2D eigenvalue weighted by Crippen LogP contribution is -2.45. The Bertz CT molecular complexity index is 512. The van der Waals surface area contributed by atoms with E-state index in [0.717, 1.165) is 11.3 Å². The molecular formula is C14H17NO4. The first-order chi connectivity index (χ1) is 8.99. The van der Waals surface area contributed by atoms with E-state index in [1.165, 1.54) is 0 Å². The highest BCUT2D eigenvalue weighted by molar-refractivity contribution is 5.99. The molecule has 1 aliphatic heterocycles. The molecule has 1 unspecified atom stereocenters. The zero-order chi connectivity index (χ0) is 14.0. The highest BCUT2D eigenvalue weighted by Crippen LogP contribution is 2.34. The van der Waals surface area contributed by atoms with Crippen molar-refractivity contribution >= 4 is 17.6 Å². The van der Waals surface area contributed by atoms with Crippen LogP contribution in [0.3, 0.4) is 0 Å². The summed E-state index contributed by atoms with van der Waals surface area (Å²) in [5.41, 5.74) is 1.78. The zero-order valence-corrected chi connectivity index (χ0v) is 11.0. The van der Waals surface area contributed by atoms with Gasteiger partial charge in [-0.15, -0.1) is 0 Å². The smallest absolute Gasteiger partial charge is 0.303 e. The Morgan fingerprint density at radius 2 is 2.21 bits per heavy atom. The predicted molar refractivity (Wildman–Crippen MR) is 70.5 cm³/mol. The number of anilines is 1. The van der Waals surface area contributed by atoms with E-state index < -0.39 is 12.1 Å². The van der Waals surface area contributed by atoms with E-state index in [0.29, 0.717) is 18.7 Å². The maximum absolute atomic E-state index is 12.1. The minimum absolute atomic E-state index is 0.0558. The van der Waals surface area contributed by atoms with Crippen LogP contribution in [-0.2, 0) is 9.59 Å². The number of aryl methyl sites for hydroxylation is 1. The summed E-state index contributed by atoms with van der Waals surface area (Å²) in [5, 5.41) is 8.66. The Kier molecular flexibility index (Phi) is 3.74. The van der Waals surface area contributed by atoms with Gasteiger partial charge >= 0.3 is 5.97 Å². The number of aliphatic carboxylic acids is 1. The molecule has 0 fully saturated rings. The Morgan fingerprint density at radius 1 is 1.47 bits per heavy atom. The number of carboxylic acids is 1. The van der Waals surface area contributed by atoms with E-state index in [9.17, 15) is 9.59 Å². The first-order valence-corrected chi connectivity index (χ1v) is 6.29. The second-order valence-electron chi connectivity index (χ2n) is 4.72. The largest absolute Gasteiger partial charge is 0.481 e. The van der Waals surface area contributed by atoms with Gasteiger partial charge in [-0.25, -0.2) is 0 Å². The normalized spacial score (nSPS) is 17.9. The van der Waals surface area contributed by atoms with E-state index in [4.69, 9.17) is 9.84 Å². The van der Waals surface area contributed by atoms with E-state index in [1.807, 2.05) is 25.1 Å². The van der Waals surface area contributed by atoms with Gasteiger partial charge in [0, 0.05) is 13.0 Å². The molecular weight excluding hydrogens is 246 g/mol. The number of hydrogen-bond acceptors (Lipinski definition) is 3. The highest BCUT2D eigenvalue weighted by Gasteiger charge is 2.31. The summed E-state index contributed by atoms with van der Waals surface area (Å²) in [7, 11) is 0. The SMILES string of the molecule is Cc1ccc2c(c1)OC(C)C(=O)N2CCCC(=O)O. The maximum Gasteiger partial charge on any atom is 0.303 e. The molecule has 0 aromatic heterocycles. The van der Waals surface area contributed by atoms with Crippen LogP contribution in [0.25, 0.3) is 0 Å². The molecule has 0 saturated carbocycles. The van der Waals surface area contributed by atoms with Crippen LogP contribution < -0.4 is 9.64 Å². The fourth-order valence-corrected chi connectivity index (χ4v) is 2.14. The van der Waals surface area contributed by atoms with Crippen molar-refractivity contribution in [1.29, 1.82) is 0 Å². The molecule has 1 N–H and O–H groups in total. The molecule has 0 saturated heterocycles. The maximum atomic E-state index is 12.1. The van der Waals surface area contributed by atoms with Crippen molar-refractivity contribution in [2.24, 2.45) is 0 Å². The van der Waals surface area contributed by atoms with Gasteiger partial charge in [0.15, 0.2) is 6.10 Å². The van der Waals surface area contributed by atoms with Gasteiger partial charge in [-0.3, -0.25) is 9.59 Å². The summed E-state index contributed by atoms with van der Waals surface area (Å²) in [6.07, 6.45) is -0.0412. The van der Waals surface area contributed by atoms with Crippen molar-refractivity contribution in [1.82, 2.24) is 0 Å². The van der Waals surface area contributed by atoms with Crippen molar-refractivity contribution in [2.45, 2.75) is 32.8 Å². The molecule has 0 spiro atoms. The van der Waals surface area contributed by atoms with Gasteiger partial charge in [0.1, 0.15) is 5.75 Å². The van der Waals surface area contributed by atoms with Crippen LogP contribution in [-0.4, -0.2) is 29.6 Å². The van der Waals surface area contributed by atoms with E-state index >= 15 is 0 Å². The Hall–Kier alpha value is -2.04. The van der Waals surface area contributed by atoms with E-state index in [-0.39, 0.29) is 12.3 Å². The van der Waals surface area contributed by atoms with Crippen LogP contribution in [0.15, 0.2) is 18.2 Å². The minimum atomic E-state index is -0.849. The second-order valence-corrected chi connectivity index (χ2v) is 4.72. The van der Waals surface area contributed by atoms with Crippen LogP contribution >= 0.6 is 0 Å². The van der Waals surface area contributed by atoms with Gasteiger partial charge in [0.2, 0.25) is 0 Å². The predicted octanol–water partition coefficient (Wildman–Crippen LogP) is 1.97. The fourth-order valence-electron chi connectivity index (χ4n) is 2.14. The second kappa shape index (κ2) is 5.30. The van der Waals surface area contributed by atoms with Crippen molar-refractivity contribution < 1.29 is 19.4 Å². The number of ether oxygens (including phenoxy) is 1. The summed E-state index contributed by atoms with van der Waals surface area (Å²) in [6, 6.07) is 5.65. The summed E-state index contributed by atoms with van der Waals surface area (Å²) in [5.74, 6) is -0.290. The van der Waals surface area contributed by atoms with Gasteiger partial charge in [0.05, 0.1) is 5.69 Å². The molecule has 1 atom stereocenters. The number of carbonyl (C=O) groups excluding carboxylic acids is 1. The van der Waals surface area contributed by atoms with Crippen LogP contribution in [0.2, 0.25) is 0 Å². The average molecular weight is 263 g/mol.